The number of aryl methyl sites for hydroxylation is 1. The predicted molar refractivity (Wildman–Crippen MR) is 129 cm³/mol. The molecule has 0 radical (unpaired) electrons. The maximum Gasteiger partial charge on any atom is 0.339 e. The van der Waals surface area contributed by atoms with Crippen LogP contribution in [0.1, 0.15) is 41.4 Å². The zero-order valence-electron chi connectivity index (χ0n) is 18.2. The molecule has 1 atom stereocenters. The highest BCUT2D eigenvalue weighted by atomic mass is 32.1. The second-order valence-corrected chi connectivity index (χ2v) is 8.94. The number of esters is 1. The van der Waals surface area contributed by atoms with Gasteiger partial charge in [0, 0.05) is 22.0 Å². The van der Waals surface area contributed by atoms with Crippen LogP contribution in [0.2, 0.25) is 0 Å². The number of rotatable bonds is 5. The molecule has 0 saturated carbocycles. The number of pyridine rings is 1. The Bertz CT molecular complexity index is 1330. The fourth-order valence-electron chi connectivity index (χ4n) is 4.16. The van der Waals surface area contributed by atoms with Gasteiger partial charge >= 0.3 is 5.97 Å². The van der Waals surface area contributed by atoms with Crippen molar-refractivity contribution < 1.29 is 14.3 Å². The molecular formula is C26H23N3O3S. The van der Waals surface area contributed by atoms with E-state index in [2.05, 4.69) is 10.3 Å². The summed E-state index contributed by atoms with van der Waals surface area (Å²) in [4.78, 5) is 35.2. The Balaban J connectivity index is 1.34. The van der Waals surface area contributed by atoms with Gasteiger partial charge in [0.1, 0.15) is 0 Å². The molecule has 4 aromatic rings. The van der Waals surface area contributed by atoms with E-state index in [0.717, 1.165) is 59.1 Å². The molecule has 7 heteroatoms. The molecule has 0 bridgehead atoms. The highest BCUT2D eigenvalue weighted by molar-refractivity contribution is 7.14. The molecule has 2 aromatic carbocycles. The van der Waals surface area contributed by atoms with E-state index in [-0.39, 0.29) is 0 Å². The van der Waals surface area contributed by atoms with Gasteiger partial charge < -0.3 is 4.74 Å². The number of carbonyl (C=O) groups excluding carboxylic acids is 2. The molecule has 2 heterocycles. The largest absolute Gasteiger partial charge is 0.449 e. The van der Waals surface area contributed by atoms with E-state index in [1.165, 1.54) is 11.3 Å². The lowest BCUT2D eigenvalue weighted by Crippen LogP contribution is -2.30. The van der Waals surface area contributed by atoms with Gasteiger partial charge in [-0.1, -0.05) is 48.5 Å². The van der Waals surface area contributed by atoms with Crippen molar-refractivity contribution in [3.63, 3.8) is 0 Å². The maximum atomic E-state index is 13.2. The van der Waals surface area contributed by atoms with Gasteiger partial charge in [-0.25, -0.2) is 9.78 Å². The van der Waals surface area contributed by atoms with E-state index in [1.54, 1.807) is 6.92 Å². The summed E-state index contributed by atoms with van der Waals surface area (Å²) in [6.45, 7) is 1.58. The quantitative estimate of drug-likeness (QED) is 0.405. The third-order valence-electron chi connectivity index (χ3n) is 5.83. The summed E-state index contributed by atoms with van der Waals surface area (Å²) in [7, 11) is 0. The monoisotopic (exact) mass is 457 g/mol. The molecule has 166 valence electrons. The number of ether oxygens (including phenoxy) is 1. The lowest BCUT2D eigenvalue weighted by molar-refractivity contribution is -0.123. The summed E-state index contributed by atoms with van der Waals surface area (Å²) in [5, 5.41) is 5.89. The van der Waals surface area contributed by atoms with Crippen LogP contribution in [-0.2, 0) is 22.4 Å². The third kappa shape index (κ3) is 4.36. The summed E-state index contributed by atoms with van der Waals surface area (Å²) in [6.07, 6.45) is 2.75. The van der Waals surface area contributed by atoms with Gasteiger partial charge in [0.25, 0.3) is 5.91 Å². The minimum absolute atomic E-state index is 0.412. The molecule has 2 aromatic heterocycles. The number of nitrogens with one attached hydrogen (secondary N) is 1. The van der Waals surface area contributed by atoms with Crippen molar-refractivity contribution >= 4 is 39.2 Å². The van der Waals surface area contributed by atoms with Crippen LogP contribution in [0.5, 0.6) is 0 Å². The number of aromatic nitrogens is 2. The van der Waals surface area contributed by atoms with Crippen LogP contribution < -0.4 is 5.32 Å². The van der Waals surface area contributed by atoms with Crippen molar-refractivity contribution in [1.82, 2.24) is 9.97 Å². The van der Waals surface area contributed by atoms with Crippen LogP contribution in [0.15, 0.2) is 60.0 Å². The second kappa shape index (κ2) is 9.11. The van der Waals surface area contributed by atoms with Crippen molar-refractivity contribution in [3.05, 3.63) is 76.8 Å². The molecule has 33 heavy (non-hydrogen) atoms. The van der Waals surface area contributed by atoms with Crippen LogP contribution in [0, 0.1) is 0 Å². The van der Waals surface area contributed by atoms with Crippen molar-refractivity contribution in [2.24, 2.45) is 0 Å². The average Bonchev–Trinajstić information content (AvgIpc) is 3.31. The van der Waals surface area contributed by atoms with E-state index in [4.69, 9.17) is 9.72 Å². The van der Waals surface area contributed by atoms with Crippen LogP contribution in [0.4, 0.5) is 5.13 Å². The zero-order valence-corrected chi connectivity index (χ0v) is 19.0. The van der Waals surface area contributed by atoms with Crippen LogP contribution in [0.25, 0.3) is 22.2 Å². The standard InChI is InChI=1S/C26H23N3O3S/c1-16(24(30)29-26-28-22(15-33-26)17-9-3-2-4-10-17)32-25(31)23-18-11-5-7-13-20(18)27-21-14-8-6-12-19(21)23/h2-5,7,9-11,13,15-16H,6,8,12,14H2,1H3,(H,28,29,30)/t16-/m0/s1. The number of hydrogen-bond acceptors (Lipinski definition) is 6. The van der Waals surface area contributed by atoms with Crippen LogP contribution in [-0.4, -0.2) is 27.9 Å². The van der Waals surface area contributed by atoms with E-state index >= 15 is 0 Å². The first kappa shape index (κ1) is 21.3. The van der Waals surface area contributed by atoms with Crippen LogP contribution >= 0.6 is 11.3 Å². The van der Waals surface area contributed by atoms with E-state index in [9.17, 15) is 9.59 Å². The van der Waals surface area contributed by atoms with Crippen molar-refractivity contribution in [3.8, 4) is 11.3 Å². The summed E-state index contributed by atoms with van der Waals surface area (Å²) in [5.41, 5.74) is 4.98. The molecular weight excluding hydrogens is 434 g/mol. The highest BCUT2D eigenvalue weighted by Crippen LogP contribution is 2.30. The zero-order chi connectivity index (χ0) is 22.8. The van der Waals surface area contributed by atoms with E-state index in [0.29, 0.717) is 10.7 Å². The van der Waals surface area contributed by atoms with Gasteiger partial charge in [-0.2, -0.15) is 0 Å². The van der Waals surface area contributed by atoms with Gasteiger partial charge in [0.05, 0.1) is 16.8 Å². The van der Waals surface area contributed by atoms with Gasteiger partial charge in [-0.05, 0) is 44.2 Å². The summed E-state index contributed by atoms with van der Waals surface area (Å²) >= 11 is 1.33. The number of nitrogens with zero attached hydrogens (tertiary/aromatic N) is 2. The number of fused-ring (bicyclic) bond motifs is 2. The molecule has 0 aliphatic heterocycles. The number of benzene rings is 2. The number of para-hydroxylation sites is 1. The molecule has 1 N–H and O–H groups in total. The maximum absolute atomic E-state index is 13.2. The SMILES string of the molecule is C[C@H](OC(=O)c1c2c(nc3ccccc13)CCCC2)C(=O)Nc1nc(-c2ccccc2)cs1. The number of amides is 1. The Hall–Kier alpha value is -3.58. The number of anilines is 1. The van der Waals surface area contributed by atoms with Gasteiger partial charge in [0.2, 0.25) is 0 Å². The number of carbonyl (C=O) groups is 2. The lowest BCUT2D eigenvalue weighted by Gasteiger charge is -2.21. The average molecular weight is 458 g/mol. The minimum Gasteiger partial charge on any atom is -0.449 e. The molecule has 1 aliphatic rings. The Morgan fingerprint density at radius 3 is 2.61 bits per heavy atom. The third-order valence-corrected chi connectivity index (χ3v) is 6.59. The predicted octanol–water partition coefficient (Wildman–Crippen LogP) is 5.42. The fourth-order valence-corrected chi connectivity index (χ4v) is 4.88. The van der Waals surface area contributed by atoms with Crippen molar-refractivity contribution in [1.29, 1.82) is 0 Å². The first-order valence-electron chi connectivity index (χ1n) is 11.0. The first-order chi connectivity index (χ1) is 16.1. The van der Waals surface area contributed by atoms with Crippen LogP contribution in [0.3, 0.4) is 0 Å². The molecule has 0 fully saturated rings. The van der Waals surface area contributed by atoms with Gasteiger partial charge in [-0.3, -0.25) is 15.1 Å². The van der Waals surface area contributed by atoms with E-state index < -0.39 is 18.0 Å². The number of hydrogen-bond donors (Lipinski definition) is 1. The molecule has 0 unspecified atom stereocenters. The summed E-state index contributed by atoms with van der Waals surface area (Å²) in [6, 6.07) is 17.3. The lowest BCUT2D eigenvalue weighted by atomic mass is 9.90. The number of thiazole rings is 1. The Kier molecular flexibility index (Phi) is 5.88. The Labute approximate surface area is 195 Å². The minimum atomic E-state index is -0.965. The molecule has 0 saturated heterocycles. The first-order valence-corrected chi connectivity index (χ1v) is 11.9. The fraction of sp³-hybridized carbons (Fsp3) is 0.231. The highest BCUT2D eigenvalue weighted by Gasteiger charge is 2.26. The van der Waals surface area contributed by atoms with E-state index in [1.807, 2.05) is 60.0 Å². The normalized spacial score (nSPS) is 13.8. The van der Waals surface area contributed by atoms with Crippen molar-refractivity contribution in [2.75, 3.05) is 5.32 Å². The second-order valence-electron chi connectivity index (χ2n) is 8.08. The molecule has 1 aliphatic carbocycles. The summed E-state index contributed by atoms with van der Waals surface area (Å²) in [5.74, 6) is -0.900. The summed E-state index contributed by atoms with van der Waals surface area (Å²) < 4.78 is 5.63. The molecule has 5 rings (SSSR count). The topological polar surface area (TPSA) is 81.2 Å². The van der Waals surface area contributed by atoms with Gasteiger partial charge in [0.15, 0.2) is 11.2 Å². The van der Waals surface area contributed by atoms with Gasteiger partial charge in [-0.15, -0.1) is 11.3 Å². The molecule has 0 spiro atoms. The molecule has 1 amide bonds. The van der Waals surface area contributed by atoms with Crippen molar-refractivity contribution in [2.45, 2.75) is 38.7 Å². The Morgan fingerprint density at radius 2 is 1.76 bits per heavy atom. The smallest absolute Gasteiger partial charge is 0.339 e. The molecule has 6 nitrogen and oxygen atoms in total. The Morgan fingerprint density at radius 1 is 1.00 bits per heavy atom.